The molecule has 4 heteroatoms. The molecule has 0 spiro atoms. The number of rotatable bonds is 2. The fourth-order valence-corrected chi connectivity index (χ4v) is 2.16. The highest BCUT2D eigenvalue weighted by Crippen LogP contribution is 2.30. The Bertz CT molecular complexity index is 337. The van der Waals surface area contributed by atoms with Gasteiger partial charge in [0.1, 0.15) is 5.75 Å². The first kappa shape index (κ1) is 10.8. The Hall–Kier alpha value is -0.740. The second kappa shape index (κ2) is 4.86. The molecule has 0 aromatic heterocycles. The summed E-state index contributed by atoms with van der Waals surface area (Å²) in [5.41, 5.74) is 1.18. The molecule has 1 heterocycles. The van der Waals surface area contributed by atoms with E-state index >= 15 is 0 Å². The maximum Gasteiger partial charge on any atom is 0.121 e. The van der Waals surface area contributed by atoms with Crippen molar-refractivity contribution in [2.75, 3.05) is 38.3 Å². The number of benzene rings is 1. The molecule has 0 radical (unpaired) electrons. The van der Waals surface area contributed by atoms with Crippen molar-refractivity contribution in [1.29, 1.82) is 0 Å². The van der Waals surface area contributed by atoms with E-state index in [9.17, 15) is 0 Å². The molecule has 0 unspecified atom stereocenters. The molecule has 1 aliphatic rings. The SMILES string of the molecule is COc1ccc(Br)c(N2CCOCC2)c1. The van der Waals surface area contributed by atoms with Crippen LogP contribution in [0.5, 0.6) is 5.75 Å². The molecule has 2 rings (SSSR count). The third-order valence-electron chi connectivity index (χ3n) is 2.51. The highest BCUT2D eigenvalue weighted by Gasteiger charge is 2.14. The van der Waals surface area contributed by atoms with Gasteiger partial charge in [-0.1, -0.05) is 0 Å². The highest BCUT2D eigenvalue weighted by atomic mass is 79.9. The monoisotopic (exact) mass is 271 g/mol. The number of morpholine rings is 1. The van der Waals surface area contributed by atoms with Gasteiger partial charge in [-0.2, -0.15) is 0 Å². The summed E-state index contributed by atoms with van der Waals surface area (Å²) in [6.45, 7) is 3.46. The summed E-state index contributed by atoms with van der Waals surface area (Å²) in [5, 5.41) is 0. The fourth-order valence-electron chi connectivity index (χ4n) is 1.67. The first-order valence-electron chi connectivity index (χ1n) is 4.97. The molecule has 0 N–H and O–H groups in total. The molecular weight excluding hydrogens is 258 g/mol. The molecule has 82 valence electrons. The summed E-state index contributed by atoms with van der Waals surface area (Å²) in [4.78, 5) is 2.30. The minimum atomic E-state index is 0.795. The molecule has 15 heavy (non-hydrogen) atoms. The van der Waals surface area contributed by atoms with Crippen molar-refractivity contribution < 1.29 is 9.47 Å². The first-order chi connectivity index (χ1) is 7.31. The van der Waals surface area contributed by atoms with Crippen LogP contribution in [0.25, 0.3) is 0 Å². The maximum atomic E-state index is 5.33. The fraction of sp³-hybridized carbons (Fsp3) is 0.455. The lowest BCUT2D eigenvalue weighted by Gasteiger charge is -2.29. The van der Waals surface area contributed by atoms with E-state index in [-0.39, 0.29) is 0 Å². The number of nitrogens with zero attached hydrogens (tertiary/aromatic N) is 1. The van der Waals surface area contributed by atoms with E-state index in [1.165, 1.54) is 5.69 Å². The lowest BCUT2D eigenvalue weighted by atomic mass is 10.2. The zero-order valence-corrected chi connectivity index (χ0v) is 10.3. The zero-order valence-electron chi connectivity index (χ0n) is 8.70. The third kappa shape index (κ3) is 2.44. The Morgan fingerprint density at radius 1 is 1.33 bits per heavy atom. The lowest BCUT2D eigenvalue weighted by Crippen LogP contribution is -2.36. The summed E-state index contributed by atoms with van der Waals surface area (Å²) in [6, 6.07) is 6.02. The van der Waals surface area contributed by atoms with Gasteiger partial charge in [0.2, 0.25) is 0 Å². The van der Waals surface area contributed by atoms with Gasteiger partial charge in [0, 0.05) is 23.6 Å². The number of ether oxygens (including phenoxy) is 2. The molecule has 1 aliphatic heterocycles. The van der Waals surface area contributed by atoms with Gasteiger partial charge < -0.3 is 14.4 Å². The molecule has 1 fully saturated rings. The van der Waals surface area contributed by atoms with Crippen molar-refractivity contribution in [2.45, 2.75) is 0 Å². The summed E-state index contributed by atoms with van der Waals surface area (Å²) in [5.74, 6) is 0.889. The predicted molar refractivity (Wildman–Crippen MR) is 63.7 cm³/mol. The molecular formula is C11H14BrNO2. The van der Waals surface area contributed by atoms with Crippen LogP contribution in [0.15, 0.2) is 22.7 Å². The van der Waals surface area contributed by atoms with Crippen LogP contribution in [0.1, 0.15) is 0 Å². The molecule has 1 saturated heterocycles. The minimum Gasteiger partial charge on any atom is -0.497 e. The Labute approximate surface area is 98.1 Å². The molecule has 0 amide bonds. The third-order valence-corrected chi connectivity index (χ3v) is 3.18. The number of halogens is 1. The maximum absolute atomic E-state index is 5.33. The van der Waals surface area contributed by atoms with Crippen LogP contribution in [0.2, 0.25) is 0 Å². The van der Waals surface area contributed by atoms with Crippen molar-refractivity contribution in [3.05, 3.63) is 22.7 Å². The van der Waals surface area contributed by atoms with Crippen molar-refractivity contribution in [2.24, 2.45) is 0 Å². The average molecular weight is 272 g/mol. The Balaban J connectivity index is 2.24. The predicted octanol–water partition coefficient (Wildman–Crippen LogP) is 2.29. The molecule has 0 atom stereocenters. The van der Waals surface area contributed by atoms with Crippen LogP contribution in [-0.4, -0.2) is 33.4 Å². The molecule has 0 bridgehead atoms. The Morgan fingerprint density at radius 3 is 2.73 bits per heavy atom. The lowest BCUT2D eigenvalue weighted by molar-refractivity contribution is 0.122. The minimum absolute atomic E-state index is 0.795. The Morgan fingerprint density at radius 2 is 2.07 bits per heavy atom. The number of hydrogen-bond acceptors (Lipinski definition) is 3. The van der Waals surface area contributed by atoms with E-state index in [4.69, 9.17) is 9.47 Å². The summed E-state index contributed by atoms with van der Waals surface area (Å²) >= 11 is 3.56. The number of methoxy groups -OCH3 is 1. The van der Waals surface area contributed by atoms with Gasteiger partial charge in [-0.05, 0) is 28.1 Å². The van der Waals surface area contributed by atoms with Crippen LogP contribution in [0, 0.1) is 0 Å². The molecule has 1 aromatic carbocycles. The van der Waals surface area contributed by atoms with Crippen molar-refractivity contribution >= 4 is 21.6 Å². The van der Waals surface area contributed by atoms with Crippen molar-refractivity contribution in [3.8, 4) is 5.75 Å². The molecule has 0 saturated carbocycles. The van der Waals surface area contributed by atoms with Gasteiger partial charge >= 0.3 is 0 Å². The van der Waals surface area contributed by atoms with E-state index in [0.717, 1.165) is 36.5 Å². The van der Waals surface area contributed by atoms with Crippen LogP contribution in [0.3, 0.4) is 0 Å². The smallest absolute Gasteiger partial charge is 0.121 e. The van der Waals surface area contributed by atoms with Crippen LogP contribution in [-0.2, 0) is 4.74 Å². The zero-order chi connectivity index (χ0) is 10.7. The normalized spacial score (nSPS) is 16.5. The molecule has 1 aromatic rings. The van der Waals surface area contributed by atoms with Gasteiger partial charge in [-0.3, -0.25) is 0 Å². The standard InChI is InChI=1S/C11H14BrNO2/c1-14-9-2-3-10(12)11(8-9)13-4-6-15-7-5-13/h2-3,8H,4-7H2,1H3. The van der Waals surface area contributed by atoms with Crippen molar-refractivity contribution in [1.82, 2.24) is 0 Å². The Kier molecular flexibility index (Phi) is 3.49. The van der Waals surface area contributed by atoms with Gasteiger partial charge in [-0.15, -0.1) is 0 Å². The second-order valence-corrected chi connectivity index (χ2v) is 4.27. The summed E-state index contributed by atoms with van der Waals surface area (Å²) in [7, 11) is 1.69. The largest absolute Gasteiger partial charge is 0.497 e. The van der Waals surface area contributed by atoms with E-state index in [0.29, 0.717) is 0 Å². The number of anilines is 1. The summed E-state index contributed by atoms with van der Waals surface area (Å²) in [6.07, 6.45) is 0. The van der Waals surface area contributed by atoms with Gasteiger partial charge in [0.05, 0.1) is 26.0 Å². The number of hydrogen-bond donors (Lipinski definition) is 0. The van der Waals surface area contributed by atoms with Gasteiger partial charge in [0.25, 0.3) is 0 Å². The van der Waals surface area contributed by atoms with E-state index < -0.39 is 0 Å². The molecule has 0 aliphatic carbocycles. The highest BCUT2D eigenvalue weighted by molar-refractivity contribution is 9.10. The topological polar surface area (TPSA) is 21.7 Å². The van der Waals surface area contributed by atoms with Crippen LogP contribution in [0.4, 0.5) is 5.69 Å². The molecule has 3 nitrogen and oxygen atoms in total. The van der Waals surface area contributed by atoms with Gasteiger partial charge in [0.15, 0.2) is 0 Å². The van der Waals surface area contributed by atoms with Crippen LogP contribution < -0.4 is 9.64 Å². The second-order valence-electron chi connectivity index (χ2n) is 3.42. The first-order valence-corrected chi connectivity index (χ1v) is 5.77. The van der Waals surface area contributed by atoms with E-state index in [1.807, 2.05) is 12.1 Å². The van der Waals surface area contributed by atoms with Crippen LogP contribution >= 0.6 is 15.9 Å². The van der Waals surface area contributed by atoms with E-state index in [1.54, 1.807) is 7.11 Å². The summed E-state index contributed by atoms with van der Waals surface area (Å²) < 4.78 is 11.7. The quantitative estimate of drug-likeness (QED) is 0.824. The van der Waals surface area contributed by atoms with Gasteiger partial charge in [-0.25, -0.2) is 0 Å². The van der Waals surface area contributed by atoms with E-state index in [2.05, 4.69) is 26.9 Å². The average Bonchev–Trinajstić information content (AvgIpc) is 2.31. The van der Waals surface area contributed by atoms with Crippen molar-refractivity contribution in [3.63, 3.8) is 0 Å².